The molecule has 0 spiro atoms. The van der Waals surface area contributed by atoms with Gasteiger partial charge in [-0.05, 0) is 6.07 Å². The average molecular weight is 307 g/mol. The molecule has 1 heterocycles. The number of carbonyl (C=O) groups is 1. The molecule has 4 N–H and O–H groups in total. The maximum absolute atomic E-state index is 11.8. The van der Waals surface area contributed by atoms with Gasteiger partial charge in [0, 0.05) is 13.1 Å². The Morgan fingerprint density at radius 1 is 1.53 bits per heavy atom. The van der Waals surface area contributed by atoms with Crippen LogP contribution in [-0.2, 0) is 10.0 Å². The lowest BCUT2D eigenvalue weighted by molar-refractivity contribution is 0.0956. The van der Waals surface area contributed by atoms with Crippen LogP contribution in [0.2, 0.25) is 5.15 Å². The monoisotopic (exact) mass is 306 g/mol. The molecule has 1 amide bonds. The van der Waals surface area contributed by atoms with Gasteiger partial charge in [-0.1, -0.05) is 18.5 Å². The number of aromatic nitrogens is 1. The van der Waals surface area contributed by atoms with E-state index in [-0.39, 0.29) is 23.0 Å². The van der Waals surface area contributed by atoms with Crippen LogP contribution in [0.25, 0.3) is 0 Å². The number of pyridine rings is 1. The van der Waals surface area contributed by atoms with Crippen LogP contribution >= 0.6 is 11.6 Å². The molecular formula is C10H15ClN4O3S. The summed E-state index contributed by atoms with van der Waals surface area (Å²) in [7, 11) is -3.37. The third-order valence-electron chi connectivity index (χ3n) is 2.13. The normalized spacial score (nSPS) is 11.3. The first kappa shape index (κ1) is 15.7. The number of nitrogens with zero attached hydrogens (tertiary/aromatic N) is 1. The Kier molecular flexibility index (Phi) is 5.52. The molecule has 0 aliphatic carbocycles. The van der Waals surface area contributed by atoms with Gasteiger partial charge in [0.1, 0.15) is 5.15 Å². The molecule has 0 atom stereocenters. The summed E-state index contributed by atoms with van der Waals surface area (Å²) in [5.41, 5.74) is 5.91. The molecule has 106 valence electrons. The number of hydrogen-bond acceptors (Lipinski definition) is 5. The molecule has 9 heteroatoms. The minimum absolute atomic E-state index is 0.0150. The molecule has 0 aliphatic rings. The molecule has 0 fully saturated rings. The van der Waals surface area contributed by atoms with E-state index in [9.17, 15) is 13.2 Å². The summed E-state index contributed by atoms with van der Waals surface area (Å²) in [5, 5.41) is 2.46. The minimum Gasteiger partial charge on any atom is -0.397 e. The van der Waals surface area contributed by atoms with Crippen LogP contribution in [0.15, 0.2) is 12.3 Å². The average Bonchev–Trinajstić information content (AvgIpc) is 2.31. The van der Waals surface area contributed by atoms with E-state index in [0.717, 1.165) is 0 Å². The highest BCUT2D eigenvalue weighted by atomic mass is 35.5. The van der Waals surface area contributed by atoms with Crippen molar-refractivity contribution in [2.45, 2.75) is 6.92 Å². The summed E-state index contributed by atoms with van der Waals surface area (Å²) >= 11 is 5.75. The quantitative estimate of drug-likeness (QED) is 0.639. The van der Waals surface area contributed by atoms with Crippen LogP contribution in [0, 0.1) is 0 Å². The molecule has 1 aromatic heterocycles. The highest BCUT2D eigenvalue weighted by Gasteiger charge is 2.13. The van der Waals surface area contributed by atoms with E-state index in [2.05, 4.69) is 15.0 Å². The second kappa shape index (κ2) is 6.69. The molecule has 0 bridgehead atoms. The molecule has 0 aliphatic heterocycles. The summed E-state index contributed by atoms with van der Waals surface area (Å²) < 4.78 is 25.0. The van der Waals surface area contributed by atoms with E-state index in [0.29, 0.717) is 12.2 Å². The summed E-state index contributed by atoms with van der Waals surface area (Å²) in [6.45, 7) is 1.95. The van der Waals surface area contributed by atoms with Crippen LogP contribution in [0.5, 0.6) is 0 Å². The van der Waals surface area contributed by atoms with Crippen LogP contribution in [0.1, 0.15) is 17.3 Å². The van der Waals surface area contributed by atoms with Gasteiger partial charge in [0.25, 0.3) is 5.91 Å². The van der Waals surface area contributed by atoms with Gasteiger partial charge in [-0.3, -0.25) is 4.79 Å². The number of rotatable bonds is 6. The lowest BCUT2D eigenvalue weighted by Gasteiger charge is -2.07. The first-order valence-corrected chi connectivity index (χ1v) is 7.55. The van der Waals surface area contributed by atoms with Crippen LogP contribution in [0.4, 0.5) is 5.69 Å². The lowest BCUT2D eigenvalue weighted by Crippen LogP contribution is -2.34. The maximum atomic E-state index is 11.8. The number of sulfonamides is 1. The van der Waals surface area contributed by atoms with E-state index < -0.39 is 15.9 Å². The van der Waals surface area contributed by atoms with E-state index in [1.54, 1.807) is 6.92 Å². The predicted octanol–water partition coefficient (Wildman–Crippen LogP) is -0.0137. The van der Waals surface area contributed by atoms with Gasteiger partial charge in [0.05, 0.1) is 23.2 Å². The third kappa shape index (κ3) is 5.01. The Labute approximate surface area is 116 Å². The second-order valence-corrected chi connectivity index (χ2v) is 5.96. The van der Waals surface area contributed by atoms with Crippen molar-refractivity contribution in [2.24, 2.45) is 0 Å². The first-order valence-electron chi connectivity index (χ1n) is 5.52. The number of hydrogen-bond donors (Lipinski definition) is 3. The van der Waals surface area contributed by atoms with E-state index in [1.165, 1.54) is 12.3 Å². The van der Waals surface area contributed by atoms with Crippen LogP contribution in [-0.4, -0.2) is 38.2 Å². The highest BCUT2D eigenvalue weighted by Crippen LogP contribution is 2.15. The van der Waals surface area contributed by atoms with Gasteiger partial charge in [-0.25, -0.2) is 18.1 Å². The summed E-state index contributed by atoms with van der Waals surface area (Å²) in [6.07, 6.45) is 1.33. The van der Waals surface area contributed by atoms with E-state index in [1.807, 2.05) is 0 Å². The van der Waals surface area contributed by atoms with Crippen molar-refractivity contribution in [1.82, 2.24) is 15.0 Å². The number of nitrogens with two attached hydrogens (primary N) is 1. The second-order valence-electron chi connectivity index (χ2n) is 3.68. The summed E-state index contributed by atoms with van der Waals surface area (Å²) in [4.78, 5) is 15.5. The van der Waals surface area contributed by atoms with Crippen molar-refractivity contribution in [3.8, 4) is 0 Å². The molecular weight excluding hydrogens is 292 g/mol. The Morgan fingerprint density at radius 3 is 2.84 bits per heavy atom. The van der Waals surface area contributed by atoms with Crippen LogP contribution in [0.3, 0.4) is 0 Å². The van der Waals surface area contributed by atoms with E-state index in [4.69, 9.17) is 17.3 Å². The SMILES string of the molecule is CCNS(=O)(=O)CCNC(=O)c1cc(N)cnc1Cl. The molecule has 0 aromatic carbocycles. The molecule has 0 saturated heterocycles. The van der Waals surface area contributed by atoms with Gasteiger partial charge in [-0.2, -0.15) is 0 Å². The Bertz CT molecular complexity index is 562. The van der Waals surface area contributed by atoms with Crippen molar-refractivity contribution in [1.29, 1.82) is 0 Å². The van der Waals surface area contributed by atoms with Gasteiger partial charge in [0.15, 0.2) is 0 Å². The van der Waals surface area contributed by atoms with E-state index >= 15 is 0 Å². The Hall–Kier alpha value is -1.38. The number of nitrogen functional groups attached to an aromatic ring is 1. The highest BCUT2D eigenvalue weighted by molar-refractivity contribution is 7.89. The zero-order valence-corrected chi connectivity index (χ0v) is 11.9. The minimum atomic E-state index is -3.37. The van der Waals surface area contributed by atoms with Crippen molar-refractivity contribution in [3.63, 3.8) is 0 Å². The molecule has 7 nitrogen and oxygen atoms in total. The lowest BCUT2D eigenvalue weighted by atomic mass is 10.2. The Balaban J connectivity index is 2.59. The standard InChI is InChI=1S/C10H15ClN4O3S/c1-2-15-19(17,18)4-3-13-10(16)8-5-7(12)6-14-9(8)11/h5-6,15H,2-4,12H2,1H3,(H,13,16). The van der Waals surface area contributed by atoms with Gasteiger partial charge in [0.2, 0.25) is 10.0 Å². The summed E-state index contributed by atoms with van der Waals surface area (Å²) in [5.74, 6) is -0.726. The van der Waals surface area contributed by atoms with Crippen molar-refractivity contribution >= 4 is 33.2 Å². The van der Waals surface area contributed by atoms with Crippen molar-refractivity contribution in [2.75, 3.05) is 24.6 Å². The molecule has 19 heavy (non-hydrogen) atoms. The Morgan fingerprint density at radius 2 is 2.21 bits per heavy atom. The fourth-order valence-electron chi connectivity index (χ4n) is 1.31. The van der Waals surface area contributed by atoms with Crippen molar-refractivity contribution in [3.05, 3.63) is 23.0 Å². The van der Waals surface area contributed by atoms with Gasteiger partial charge in [-0.15, -0.1) is 0 Å². The third-order valence-corrected chi connectivity index (χ3v) is 3.90. The number of halogens is 1. The number of carbonyl (C=O) groups excluding carboxylic acids is 1. The zero-order valence-electron chi connectivity index (χ0n) is 10.3. The van der Waals surface area contributed by atoms with Crippen LogP contribution < -0.4 is 15.8 Å². The number of amides is 1. The first-order chi connectivity index (χ1) is 8.85. The molecule has 1 rings (SSSR count). The molecule has 0 unspecified atom stereocenters. The number of nitrogens with one attached hydrogen (secondary N) is 2. The molecule has 0 radical (unpaired) electrons. The predicted molar refractivity (Wildman–Crippen MR) is 73.5 cm³/mol. The molecule has 0 saturated carbocycles. The van der Waals surface area contributed by atoms with Gasteiger partial charge >= 0.3 is 0 Å². The maximum Gasteiger partial charge on any atom is 0.254 e. The smallest absolute Gasteiger partial charge is 0.254 e. The zero-order chi connectivity index (χ0) is 14.5. The fourth-order valence-corrected chi connectivity index (χ4v) is 2.45. The van der Waals surface area contributed by atoms with Gasteiger partial charge < -0.3 is 11.1 Å². The molecule has 1 aromatic rings. The fraction of sp³-hybridized carbons (Fsp3) is 0.400. The number of anilines is 1. The topological polar surface area (TPSA) is 114 Å². The largest absolute Gasteiger partial charge is 0.397 e. The van der Waals surface area contributed by atoms with Crippen molar-refractivity contribution < 1.29 is 13.2 Å². The summed E-state index contributed by atoms with van der Waals surface area (Å²) in [6, 6.07) is 1.38.